The molecule has 1 aromatic heterocycles. The zero-order valence-corrected chi connectivity index (χ0v) is 23.5. The number of benzene rings is 6. The molecular weight excluding hydrogens is 511 g/mol. The van der Waals surface area contributed by atoms with Crippen LogP contribution in [0.25, 0.3) is 32.8 Å². The quantitative estimate of drug-likeness (QED) is 0.101. The number of aromatic nitrogens is 1. The summed E-state index contributed by atoms with van der Waals surface area (Å²) in [6, 6.07) is 56.0. The van der Waals surface area contributed by atoms with Crippen LogP contribution in [-0.2, 0) is 0 Å². The lowest BCUT2D eigenvalue weighted by Crippen LogP contribution is -2.66. The highest BCUT2D eigenvalue weighted by Crippen LogP contribution is 2.38. The first kappa shape index (κ1) is 24.8. The Hall–Kier alpha value is -5.23. The number of rotatable bonds is 4. The molecule has 0 fully saturated rings. The highest BCUT2D eigenvalue weighted by Gasteiger charge is 2.38. The molecule has 6 aromatic carbocycles. The molecule has 1 nitrogen and oxygen atoms in total. The number of fused-ring (bicyclic) bond motifs is 2. The molecule has 192 valence electrons. The van der Waals surface area contributed by atoms with Gasteiger partial charge in [0, 0.05) is 17.3 Å². The van der Waals surface area contributed by atoms with Crippen LogP contribution in [-0.4, -0.2) is 13.1 Å². The lowest BCUT2D eigenvalue weighted by atomic mass is 9.90. The Morgan fingerprint density at radius 1 is 0.415 bits per heavy atom. The number of pyridine rings is 1. The standard InChI is InChI=1S/C39H27NSi/c1-4-16-30(17-5-1)41(31-18-6-2-7-19-31,32-20-8-3-9-21-32)29-27-35-33-22-10-12-24-36(33)39(38-26-14-15-28-40-38)37-25-13-11-23-34(35)37/h1-26,28H. The molecule has 7 rings (SSSR count). The van der Waals surface area contributed by atoms with Crippen molar-refractivity contribution in [1.82, 2.24) is 4.98 Å². The molecule has 0 amide bonds. The first-order valence-corrected chi connectivity index (χ1v) is 15.9. The summed E-state index contributed by atoms with van der Waals surface area (Å²) in [5.41, 5.74) is 7.21. The van der Waals surface area contributed by atoms with Gasteiger partial charge >= 0.3 is 0 Å². The topological polar surface area (TPSA) is 12.9 Å². The zero-order chi connectivity index (χ0) is 27.5. The molecule has 0 spiro atoms. The van der Waals surface area contributed by atoms with Crippen molar-refractivity contribution >= 4 is 45.2 Å². The van der Waals surface area contributed by atoms with Gasteiger partial charge < -0.3 is 0 Å². The van der Waals surface area contributed by atoms with Gasteiger partial charge in [0.05, 0.1) is 5.69 Å². The first-order valence-electron chi connectivity index (χ1n) is 13.9. The summed E-state index contributed by atoms with van der Waals surface area (Å²) in [6.07, 6.45) is 1.87. The van der Waals surface area contributed by atoms with Crippen LogP contribution < -0.4 is 15.6 Å². The van der Waals surface area contributed by atoms with E-state index in [9.17, 15) is 0 Å². The normalized spacial score (nSPS) is 11.2. The molecule has 0 unspecified atom stereocenters. The highest BCUT2D eigenvalue weighted by molar-refractivity contribution is 7.16. The third kappa shape index (κ3) is 4.34. The van der Waals surface area contributed by atoms with Crippen LogP contribution in [0, 0.1) is 11.5 Å². The van der Waals surface area contributed by atoms with Crippen molar-refractivity contribution in [1.29, 1.82) is 0 Å². The van der Waals surface area contributed by atoms with E-state index in [-0.39, 0.29) is 0 Å². The molecule has 0 saturated heterocycles. The van der Waals surface area contributed by atoms with Gasteiger partial charge in [0.25, 0.3) is 0 Å². The van der Waals surface area contributed by atoms with Crippen LogP contribution in [0.1, 0.15) is 5.56 Å². The van der Waals surface area contributed by atoms with Gasteiger partial charge in [0.2, 0.25) is 8.07 Å². The minimum absolute atomic E-state index is 0.973. The second kappa shape index (κ2) is 10.7. The minimum Gasteiger partial charge on any atom is -0.256 e. The maximum atomic E-state index is 4.75. The van der Waals surface area contributed by atoms with Crippen molar-refractivity contribution < 1.29 is 0 Å². The molecule has 0 bridgehead atoms. The van der Waals surface area contributed by atoms with E-state index in [1.807, 2.05) is 12.3 Å². The minimum atomic E-state index is -2.73. The fraction of sp³-hybridized carbons (Fsp3) is 0. The lowest BCUT2D eigenvalue weighted by Gasteiger charge is -2.28. The van der Waals surface area contributed by atoms with Gasteiger partial charge in [0.15, 0.2) is 0 Å². The van der Waals surface area contributed by atoms with Gasteiger partial charge in [-0.25, -0.2) is 0 Å². The van der Waals surface area contributed by atoms with E-state index in [1.165, 1.54) is 26.3 Å². The predicted molar refractivity (Wildman–Crippen MR) is 176 cm³/mol. The molecule has 0 saturated carbocycles. The van der Waals surface area contributed by atoms with Crippen LogP contribution in [0.5, 0.6) is 0 Å². The molecule has 0 aliphatic rings. The first-order chi connectivity index (χ1) is 20.4. The second-order valence-corrected chi connectivity index (χ2v) is 13.6. The SMILES string of the molecule is C(#C[Si](c1ccccc1)(c1ccccc1)c1ccccc1)c1c2ccccc2c(-c2ccccn2)c2ccccc12. The van der Waals surface area contributed by atoms with Crippen molar-refractivity contribution in [2.24, 2.45) is 0 Å². The third-order valence-corrected chi connectivity index (χ3v) is 11.9. The highest BCUT2D eigenvalue weighted by atomic mass is 28.3. The summed E-state index contributed by atoms with van der Waals surface area (Å²) in [6.45, 7) is 0. The van der Waals surface area contributed by atoms with E-state index in [0.29, 0.717) is 0 Å². The van der Waals surface area contributed by atoms with Crippen LogP contribution in [0.15, 0.2) is 164 Å². The van der Waals surface area contributed by atoms with Crippen LogP contribution in [0.2, 0.25) is 0 Å². The van der Waals surface area contributed by atoms with E-state index < -0.39 is 8.07 Å². The Morgan fingerprint density at radius 3 is 1.27 bits per heavy atom. The number of nitrogens with zero attached hydrogens (tertiary/aromatic N) is 1. The second-order valence-electron chi connectivity index (χ2n) is 10.2. The maximum absolute atomic E-state index is 4.75. The molecule has 7 aromatic rings. The van der Waals surface area contributed by atoms with Crippen molar-refractivity contribution in [3.8, 4) is 22.7 Å². The molecule has 0 atom stereocenters. The molecule has 0 radical (unpaired) electrons. The fourth-order valence-corrected chi connectivity index (χ4v) is 9.81. The van der Waals surface area contributed by atoms with E-state index in [0.717, 1.165) is 27.6 Å². The average Bonchev–Trinajstić information content (AvgIpc) is 3.06. The average molecular weight is 538 g/mol. The monoisotopic (exact) mass is 537 g/mol. The summed E-state index contributed by atoms with van der Waals surface area (Å²) < 4.78 is 0. The molecule has 0 N–H and O–H groups in total. The van der Waals surface area contributed by atoms with Crippen LogP contribution >= 0.6 is 0 Å². The lowest BCUT2D eigenvalue weighted by molar-refractivity contribution is 1.34. The Bertz CT molecular complexity index is 1870. The Balaban J connectivity index is 1.59. The molecular formula is C39H27NSi. The summed E-state index contributed by atoms with van der Waals surface area (Å²) in [7, 11) is -2.73. The van der Waals surface area contributed by atoms with E-state index in [2.05, 4.69) is 163 Å². The zero-order valence-electron chi connectivity index (χ0n) is 22.5. The van der Waals surface area contributed by atoms with E-state index >= 15 is 0 Å². The summed E-state index contributed by atoms with van der Waals surface area (Å²) in [5.74, 6) is 3.84. The molecule has 41 heavy (non-hydrogen) atoms. The van der Waals surface area contributed by atoms with Crippen molar-refractivity contribution in [2.45, 2.75) is 0 Å². The Morgan fingerprint density at radius 2 is 0.829 bits per heavy atom. The van der Waals surface area contributed by atoms with Crippen molar-refractivity contribution in [3.63, 3.8) is 0 Å². The maximum Gasteiger partial charge on any atom is 0.230 e. The third-order valence-electron chi connectivity index (χ3n) is 7.85. The Kier molecular flexibility index (Phi) is 6.49. The van der Waals surface area contributed by atoms with E-state index in [1.54, 1.807) is 0 Å². The van der Waals surface area contributed by atoms with E-state index in [4.69, 9.17) is 4.98 Å². The molecule has 0 aliphatic carbocycles. The molecule has 0 aliphatic heterocycles. The Labute approximate surface area is 241 Å². The van der Waals surface area contributed by atoms with Gasteiger partial charge in [-0.05, 0) is 49.2 Å². The largest absolute Gasteiger partial charge is 0.256 e. The predicted octanol–water partition coefficient (Wildman–Crippen LogP) is 7.12. The molecule has 1 heterocycles. The summed E-state index contributed by atoms with van der Waals surface area (Å²) >= 11 is 0. The number of hydrogen-bond acceptors (Lipinski definition) is 1. The van der Waals surface area contributed by atoms with Gasteiger partial charge in [-0.15, -0.1) is 5.54 Å². The smallest absolute Gasteiger partial charge is 0.230 e. The van der Waals surface area contributed by atoms with Gasteiger partial charge in [0.1, 0.15) is 0 Å². The van der Waals surface area contributed by atoms with Crippen LogP contribution in [0.3, 0.4) is 0 Å². The fourth-order valence-electron chi connectivity index (χ4n) is 5.99. The van der Waals surface area contributed by atoms with Crippen molar-refractivity contribution in [2.75, 3.05) is 0 Å². The number of hydrogen-bond donors (Lipinski definition) is 0. The summed E-state index contributed by atoms with van der Waals surface area (Å²) in [4.78, 5) is 4.75. The van der Waals surface area contributed by atoms with Gasteiger partial charge in [-0.2, -0.15) is 0 Å². The van der Waals surface area contributed by atoms with Crippen LogP contribution in [0.4, 0.5) is 0 Å². The van der Waals surface area contributed by atoms with Crippen molar-refractivity contribution in [3.05, 3.63) is 169 Å². The summed E-state index contributed by atoms with van der Waals surface area (Å²) in [5, 5.41) is 8.48. The van der Waals surface area contributed by atoms with Gasteiger partial charge in [-0.1, -0.05) is 152 Å². The molecule has 2 heteroatoms. The van der Waals surface area contributed by atoms with Gasteiger partial charge in [-0.3, -0.25) is 4.98 Å².